The minimum atomic E-state index is -0.888. The number of nitrogens with one attached hydrogen (secondary N) is 2. The number of carbonyl (C=O) groups is 3. The molecule has 0 spiro atoms. The molecule has 0 aliphatic carbocycles. The summed E-state index contributed by atoms with van der Waals surface area (Å²) in [6.45, 7) is 10.3. The Morgan fingerprint density at radius 1 is 1.07 bits per heavy atom. The van der Waals surface area contributed by atoms with Crippen LogP contribution >= 0.6 is 27.3 Å². The summed E-state index contributed by atoms with van der Waals surface area (Å²) in [7, 11) is 0. The fourth-order valence-electron chi connectivity index (χ4n) is 4.77. The molecular formula is C31H45BrN4O7S. The maximum atomic E-state index is 13.7. The van der Waals surface area contributed by atoms with Crippen molar-refractivity contribution in [3.05, 3.63) is 41.0 Å². The predicted octanol–water partition coefficient (Wildman–Crippen LogP) is 3.06. The lowest BCUT2D eigenvalue weighted by Gasteiger charge is -2.35. The van der Waals surface area contributed by atoms with Crippen molar-refractivity contribution in [2.24, 2.45) is 5.41 Å². The van der Waals surface area contributed by atoms with Crippen LogP contribution in [-0.2, 0) is 35.1 Å². The van der Waals surface area contributed by atoms with Gasteiger partial charge in [0.15, 0.2) is 0 Å². The molecule has 44 heavy (non-hydrogen) atoms. The number of aliphatic hydroxyl groups is 1. The van der Waals surface area contributed by atoms with Crippen molar-refractivity contribution in [3.63, 3.8) is 0 Å². The van der Waals surface area contributed by atoms with E-state index >= 15 is 0 Å². The number of thiazole rings is 1. The lowest BCUT2D eigenvalue weighted by molar-refractivity contribution is -0.144. The number of hydrogen-bond donors (Lipinski definition) is 3. The number of aryl methyl sites for hydroxylation is 1. The van der Waals surface area contributed by atoms with Crippen LogP contribution in [0.25, 0.3) is 10.4 Å². The first-order valence-corrected chi connectivity index (χ1v) is 16.9. The number of aliphatic hydroxyl groups excluding tert-OH is 1. The Balaban J connectivity index is 1.49. The van der Waals surface area contributed by atoms with Crippen molar-refractivity contribution in [1.82, 2.24) is 20.5 Å². The van der Waals surface area contributed by atoms with Gasteiger partial charge in [-0.25, -0.2) is 4.98 Å². The third-order valence-corrected chi connectivity index (χ3v) is 8.45. The van der Waals surface area contributed by atoms with Gasteiger partial charge in [0, 0.05) is 31.3 Å². The number of halogens is 1. The zero-order chi connectivity index (χ0) is 32.1. The summed E-state index contributed by atoms with van der Waals surface area (Å²) in [5.41, 5.74) is 4.13. The van der Waals surface area contributed by atoms with Crippen LogP contribution in [0.4, 0.5) is 0 Å². The van der Waals surface area contributed by atoms with E-state index in [-0.39, 0.29) is 44.4 Å². The minimum Gasteiger partial charge on any atom is -0.391 e. The molecule has 1 aliphatic heterocycles. The molecule has 0 saturated carbocycles. The van der Waals surface area contributed by atoms with E-state index in [9.17, 15) is 19.5 Å². The highest BCUT2D eigenvalue weighted by Crippen LogP contribution is 2.28. The number of carbonyl (C=O) groups excluding carboxylic acids is 3. The maximum Gasteiger partial charge on any atom is 0.246 e. The Morgan fingerprint density at radius 3 is 2.30 bits per heavy atom. The van der Waals surface area contributed by atoms with Gasteiger partial charge in [-0.2, -0.15) is 0 Å². The summed E-state index contributed by atoms with van der Waals surface area (Å²) in [5, 5.41) is 17.0. The highest BCUT2D eigenvalue weighted by atomic mass is 79.9. The first kappa shape index (κ1) is 36.1. The summed E-state index contributed by atoms with van der Waals surface area (Å²) in [6.07, 6.45) is -0.633. The van der Waals surface area contributed by atoms with Crippen LogP contribution in [0.3, 0.4) is 0 Å². The second kappa shape index (κ2) is 17.9. The SMILES string of the molecule is Cc1ncsc1-c1ccc(CNC(=O)C2CC(O)CN2C(=O)C(NC(=O)CCOCCOCCOCCBr)C(C)(C)C)cc1. The summed E-state index contributed by atoms with van der Waals surface area (Å²) >= 11 is 4.87. The second-order valence-electron chi connectivity index (χ2n) is 11.7. The van der Waals surface area contributed by atoms with Crippen LogP contribution in [0, 0.1) is 12.3 Å². The van der Waals surface area contributed by atoms with E-state index in [0.717, 1.165) is 27.0 Å². The van der Waals surface area contributed by atoms with Crippen molar-refractivity contribution in [3.8, 4) is 10.4 Å². The van der Waals surface area contributed by atoms with E-state index in [1.807, 2.05) is 57.5 Å². The zero-order valence-corrected chi connectivity index (χ0v) is 28.4. The average molecular weight is 698 g/mol. The van der Waals surface area contributed by atoms with Gasteiger partial charge in [0.1, 0.15) is 12.1 Å². The number of rotatable bonds is 17. The molecular weight excluding hydrogens is 652 g/mol. The molecule has 3 rings (SSSR count). The van der Waals surface area contributed by atoms with Gasteiger partial charge in [-0.1, -0.05) is 61.0 Å². The van der Waals surface area contributed by atoms with Crippen molar-refractivity contribution in [2.75, 3.05) is 51.5 Å². The summed E-state index contributed by atoms with van der Waals surface area (Å²) in [6, 6.07) is 6.16. The largest absolute Gasteiger partial charge is 0.391 e. The van der Waals surface area contributed by atoms with E-state index in [4.69, 9.17) is 14.2 Å². The second-order valence-corrected chi connectivity index (χ2v) is 13.4. The van der Waals surface area contributed by atoms with E-state index in [1.54, 1.807) is 11.3 Å². The van der Waals surface area contributed by atoms with E-state index in [0.29, 0.717) is 33.0 Å². The van der Waals surface area contributed by atoms with Crippen LogP contribution in [0.2, 0.25) is 0 Å². The van der Waals surface area contributed by atoms with Crippen molar-refractivity contribution < 1.29 is 33.7 Å². The number of hydrogen-bond acceptors (Lipinski definition) is 9. The molecule has 3 atom stereocenters. The average Bonchev–Trinajstić information content (AvgIpc) is 3.60. The van der Waals surface area contributed by atoms with Crippen LogP contribution < -0.4 is 10.6 Å². The Labute approximate surface area is 272 Å². The fourth-order valence-corrected chi connectivity index (χ4v) is 5.82. The Morgan fingerprint density at radius 2 is 1.70 bits per heavy atom. The van der Waals surface area contributed by atoms with Crippen molar-refractivity contribution >= 4 is 45.0 Å². The molecule has 1 saturated heterocycles. The lowest BCUT2D eigenvalue weighted by atomic mass is 9.85. The molecule has 1 aliphatic rings. The molecule has 2 heterocycles. The lowest BCUT2D eigenvalue weighted by Crippen LogP contribution is -2.57. The van der Waals surface area contributed by atoms with Gasteiger partial charge in [0.05, 0.1) is 61.8 Å². The van der Waals surface area contributed by atoms with Gasteiger partial charge >= 0.3 is 0 Å². The number of alkyl halides is 1. The monoisotopic (exact) mass is 696 g/mol. The molecule has 3 N–H and O–H groups in total. The molecule has 1 aromatic heterocycles. The number of nitrogens with zero attached hydrogens (tertiary/aromatic N) is 2. The summed E-state index contributed by atoms with van der Waals surface area (Å²) < 4.78 is 16.2. The molecule has 11 nitrogen and oxygen atoms in total. The molecule has 0 radical (unpaired) electrons. The quantitative estimate of drug-likeness (QED) is 0.170. The van der Waals surface area contributed by atoms with E-state index < -0.39 is 29.5 Å². The smallest absolute Gasteiger partial charge is 0.246 e. The first-order chi connectivity index (χ1) is 21.0. The highest BCUT2D eigenvalue weighted by molar-refractivity contribution is 9.09. The molecule has 1 aromatic carbocycles. The zero-order valence-electron chi connectivity index (χ0n) is 26.0. The minimum absolute atomic E-state index is 0.0204. The number of amides is 3. The normalized spacial score (nSPS) is 17.5. The number of aromatic nitrogens is 1. The maximum absolute atomic E-state index is 13.7. The highest BCUT2D eigenvalue weighted by Gasteiger charge is 2.44. The predicted molar refractivity (Wildman–Crippen MR) is 173 cm³/mol. The molecule has 0 bridgehead atoms. The molecule has 244 valence electrons. The number of benzene rings is 1. The summed E-state index contributed by atoms with van der Waals surface area (Å²) in [5.74, 6) is -1.08. The van der Waals surface area contributed by atoms with Gasteiger partial charge < -0.3 is 34.9 Å². The van der Waals surface area contributed by atoms with Crippen molar-refractivity contribution in [1.29, 1.82) is 0 Å². The van der Waals surface area contributed by atoms with Crippen LogP contribution in [-0.4, -0.2) is 102 Å². The topological polar surface area (TPSA) is 139 Å². The van der Waals surface area contributed by atoms with Gasteiger partial charge in [-0.15, -0.1) is 11.3 Å². The van der Waals surface area contributed by atoms with E-state index in [2.05, 4.69) is 31.5 Å². The molecule has 1 fully saturated rings. The van der Waals surface area contributed by atoms with Crippen LogP contribution in [0.1, 0.15) is 44.9 Å². The Hall–Kier alpha value is -2.42. The number of β-amino-alcohol motifs (C(OH)–C–C–N with tert-alkyl or cyclic N) is 1. The first-order valence-electron chi connectivity index (χ1n) is 14.9. The Bertz CT molecular complexity index is 1200. The van der Waals surface area contributed by atoms with Crippen LogP contribution in [0.15, 0.2) is 29.8 Å². The fraction of sp³-hybridized carbons (Fsp3) is 0.613. The van der Waals surface area contributed by atoms with E-state index in [1.165, 1.54) is 4.90 Å². The van der Waals surface area contributed by atoms with Gasteiger partial charge in [0.25, 0.3) is 0 Å². The van der Waals surface area contributed by atoms with Gasteiger partial charge in [-0.05, 0) is 23.5 Å². The number of ether oxygens (including phenoxy) is 3. The van der Waals surface area contributed by atoms with Gasteiger partial charge in [-0.3, -0.25) is 14.4 Å². The molecule has 2 aromatic rings. The van der Waals surface area contributed by atoms with Crippen LogP contribution in [0.5, 0.6) is 0 Å². The standard InChI is InChI=1S/C31H45BrN4O7S/c1-21-27(44-20-34-21)23-7-5-22(6-8-23)18-33-29(39)25-17-24(37)19-36(25)30(40)28(31(2,3)4)35-26(38)9-11-41-13-15-43-16-14-42-12-10-32/h5-8,20,24-25,28,37H,9-19H2,1-4H3,(H,33,39)(H,35,38). The van der Waals surface area contributed by atoms with Crippen molar-refractivity contribution in [2.45, 2.75) is 65.3 Å². The van der Waals surface area contributed by atoms with Gasteiger partial charge in [0.2, 0.25) is 17.7 Å². The molecule has 3 unspecified atom stereocenters. The third-order valence-electron chi connectivity index (χ3n) is 7.15. The third kappa shape index (κ3) is 11.2. The summed E-state index contributed by atoms with van der Waals surface area (Å²) in [4.78, 5) is 46.5. The molecule has 3 amide bonds. The Kier molecular flexibility index (Phi) is 14.7. The molecule has 13 heteroatoms. The number of likely N-dealkylation sites (tertiary alicyclic amines) is 1.